The van der Waals surface area contributed by atoms with E-state index in [0.29, 0.717) is 23.9 Å². The summed E-state index contributed by atoms with van der Waals surface area (Å²) in [4.78, 5) is 31.9. The minimum absolute atomic E-state index is 0.0570. The number of hydrogen-bond acceptors (Lipinski definition) is 6. The summed E-state index contributed by atoms with van der Waals surface area (Å²) in [5.41, 5.74) is 2.75. The number of thiazole rings is 1. The summed E-state index contributed by atoms with van der Waals surface area (Å²) in [5, 5.41) is 5.83. The van der Waals surface area contributed by atoms with Crippen molar-refractivity contribution in [3.05, 3.63) is 71.2 Å². The summed E-state index contributed by atoms with van der Waals surface area (Å²) in [6.07, 6.45) is 0.244. The molecule has 4 rings (SSSR count). The van der Waals surface area contributed by atoms with Gasteiger partial charge in [-0.25, -0.2) is 4.98 Å². The van der Waals surface area contributed by atoms with Crippen LogP contribution in [-0.4, -0.2) is 46.5 Å². The van der Waals surface area contributed by atoms with Crippen molar-refractivity contribution in [3.63, 3.8) is 0 Å². The van der Waals surface area contributed by atoms with Crippen molar-refractivity contribution in [3.8, 4) is 16.3 Å². The maximum absolute atomic E-state index is 12.8. The normalized spacial score (nSPS) is 15.6. The first kappa shape index (κ1) is 21.4. The number of amides is 2. The Morgan fingerprint density at radius 1 is 1.19 bits per heavy atom. The Morgan fingerprint density at radius 2 is 2.03 bits per heavy atom. The Hall–Kier alpha value is -2.84. The van der Waals surface area contributed by atoms with Crippen LogP contribution in [-0.2, 0) is 22.6 Å². The first-order chi connectivity index (χ1) is 15.1. The van der Waals surface area contributed by atoms with Gasteiger partial charge in [0.15, 0.2) is 0 Å². The average Bonchev–Trinajstić information content (AvgIpc) is 3.48. The van der Waals surface area contributed by atoms with Crippen molar-refractivity contribution in [1.29, 1.82) is 0 Å². The molecule has 1 aliphatic heterocycles. The van der Waals surface area contributed by atoms with Crippen LogP contribution >= 0.6 is 23.1 Å². The molecule has 1 fully saturated rings. The third-order valence-corrected chi connectivity index (χ3v) is 6.96. The molecule has 31 heavy (non-hydrogen) atoms. The van der Waals surface area contributed by atoms with E-state index in [1.807, 2.05) is 60.0 Å². The summed E-state index contributed by atoms with van der Waals surface area (Å²) in [6.45, 7) is 0.348. The van der Waals surface area contributed by atoms with Crippen LogP contribution in [0.15, 0.2) is 60.0 Å². The second-order valence-corrected chi connectivity index (χ2v) is 8.99. The highest BCUT2D eigenvalue weighted by Gasteiger charge is 2.34. The molecule has 6 nitrogen and oxygen atoms in total. The predicted molar refractivity (Wildman–Crippen MR) is 124 cm³/mol. The topological polar surface area (TPSA) is 71.5 Å². The largest absolute Gasteiger partial charge is 0.497 e. The van der Waals surface area contributed by atoms with Crippen molar-refractivity contribution in [2.45, 2.75) is 19.0 Å². The highest BCUT2D eigenvalue weighted by molar-refractivity contribution is 7.99. The van der Waals surface area contributed by atoms with Gasteiger partial charge in [0.05, 0.1) is 31.6 Å². The van der Waals surface area contributed by atoms with Crippen molar-refractivity contribution in [1.82, 2.24) is 15.2 Å². The van der Waals surface area contributed by atoms with Crippen LogP contribution in [0.2, 0.25) is 0 Å². The van der Waals surface area contributed by atoms with E-state index in [-0.39, 0.29) is 18.2 Å². The first-order valence-electron chi connectivity index (χ1n) is 9.91. The summed E-state index contributed by atoms with van der Waals surface area (Å²) in [5.74, 6) is 1.64. The molecular formula is C23H23N3O3S2. The third kappa shape index (κ3) is 5.26. The standard InChI is InChI=1S/C23H23N3O3S2/c1-29-19-9-5-6-16(10-19)11-21(27)26-15-30-14-20(26)22(28)24-12-18-13-31-23(25-18)17-7-3-2-4-8-17/h2-10,13,20H,11-12,14-15H2,1H3,(H,24,28)/t20-/m1/s1. The van der Waals surface area contributed by atoms with Crippen LogP contribution in [0.25, 0.3) is 10.6 Å². The molecule has 1 atom stereocenters. The zero-order valence-electron chi connectivity index (χ0n) is 17.1. The fourth-order valence-corrected chi connectivity index (χ4v) is 5.37. The molecule has 2 heterocycles. The molecule has 1 N–H and O–H groups in total. The van der Waals surface area contributed by atoms with Gasteiger partial charge in [-0.2, -0.15) is 0 Å². The molecule has 1 aromatic heterocycles. The van der Waals surface area contributed by atoms with Gasteiger partial charge in [-0.1, -0.05) is 42.5 Å². The van der Waals surface area contributed by atoms with E-state index in [9.17, 15) is 9.59 Å². The van der Waals surface area contributed by atoms with Gasteiger partial charge < -0.3 is 15.0 Å². The molecule has 2 amide bonds. The van der Waals surface area contributed by atoms with Gasteiger partial charge in [-0.3, -0.25) is 9.59 Å². The average molecular weight is 454 g/mol. The van der Waals surface area contributed by atoms with Gasteiger partial charge >= 0.3 is 0 Å². The van der Waals surface area contributed by atoms with Crippen LogP contribution in [0.5, 0.6) is 5.75 Å². The summed E-state index contributed by atoms with van der Waals surface area (Å²) < 4.78 is 5.23. The molecule has 0 saturated carbocycles. The molecule has 160 valence electrons. The van der Waals surface area contributed by atoms with Crippen LogP contribution in [0.3, 0.4) is 0 Å². The molecule has 0 unspecified atom stereocenters. The number of nitrogens with one attached hydrogen (secondary N) is 1. The van der Waals surface area contributed by atoms with E-state index < -0.39 is 6.04 Å². The number of carbonyl (C=O) groups excluding carboxylic acids is 2. The lowest BCUT2D eigenvalue weighted by Gasteiger charge is -2.23. The van der Waals surface area contributed by atoms with Crippen molar-refractivity contribution < 1.29 is 14.3 Å². The van der Waals surface area contributed by atoms with Gasteiger partial charge in [0.25, 0.3) is 0 Å². The Bertz CT molecular complexity index is 1050. The van der Waals surface area contributed by atoms with E-state index in [0.717, 1.165) is 21.8 Å². The Morgan fingerprint density at radius 3 is 2.84 bits per heavy atom. The molecule has 3 aromatic rings. The maximum atomic E-state index is 12.8. The number of benzene rings is 2. The summed E-state index contributed by atoms with van der Waals surface area (Å²) >= 11 is 3.15. The lowest BCUT2D eigenvalue weighted by molar-refractivity contribution is -0.137. The molecule has 1 saturated heterocycles. The monoisotopic (exact) mass is 453 g/mol. The van der Waals surface area contributed by atoms with Gasteiger partial charge in [-0.15, -0.1) is 23.1 Å². The van der Waals surface area contributed by atoms with E-state index in [2.05, 4.69) is 10.3 Å². The highest BCUT2D eigenvalue weighted by atomic mass is 32.2. The molecular weight excluding hydrogens is 430 g/mol. The number of methoxy groups -OCH3 is 1. The van der Waals surface area contributed by atoms with E-state index >= 15 is 0 Å². The number of rotatable bonds is 7. The molecule has 0 bridgehead atoms. The van der Waals surface area contributed by atoms with Crippen molar-refractivity contribution in [2.75, 3.05) is 18.7 Å². The summed E-state index contributed by atoms with van der Waals surface area (Å²) in [7, 11) is 1.60. The predicted octanol–water partition coefficient (Wildman–Crippen LogP) is 3.58. The van der Waals surface area contributed by atoms with Crippen LogP contribution < -0.4 is 10.1 Å². The van der Waals surface area contributed by atoms with E-state index in [1.54, 1.807) is 35.1 Å². The van der Waals surface area contributed by atoms with Gasteiger partial charge in [-0.05, 0) is 17.7 Å². The zero-order valence-corrected chi connectivity index (χ0v) is 18.7. The lowest BCUT2D eigenvalue weighted by atomic mass is 10.1. The van der Waals surface area contributed by atoms with Crippen molar-refractivity contribution in [2.24, 2.45) is 0 Å². The van der Waals surface area contributed by atoms with Gasteiger partial charge in [0.2, 0.25) is 11.8 Å². The Labute approximate surface area is 189 Å². The number of hydrogen-bond donors (Lipinski definition) is 1. The minimum atomic E-state index is -0.463. The molecule has 0 aliphatic carbocycles. The van der Waals surface area contributed by atoms with Gasteiger partial charge in [0, 0.05) is 16.7 Å². The lowest BCUT2D eigenvalue weighted by Crippen LogP contribution is -2.47. The number of carbonyl (C=O) groups is 2. The first-order valence-corrected chi connectivity index (χ1v) is 11.9. The quantitative estimate of drug-likeness (QED) is 0.592. The zero-order chi connectivity index (χ0) is 21.6. The second kappa shape index (κ2) is 9.98. The van der Waals surface area contributed by atoms with Crippen LogP contribution in [0, 0.1) is 0 Å². The molecule has 2 aromatic carbocycles. The SMILES string of the molecule is COc1cccc(CC(=O)N2CSC[C@@H]2C(=O)NCc2csc(-c3ccccc3)n2)c1. The van der Waals surface area contributed by atoms with Crippen LogP contribution in [0.1, 0.15) is 11.3 Å². The smallest absolute Gasteiger partial charge is 0.244 e. The molecule has 8 heteroatoms. The fourth-order valence-electron chi connectivity index (χ4n) is 3.36. The number of nitrogens with zero attached hydrogens (tertiary/aromatic N) is 2. The molecule has 0 radical (unpaired) electrons. The minimum Gasteiger partial charge on any atom is -0.497 e. The number of thioether (sulfide) groups is 1. The Balaban J connectivity index is 1.34. The highest BCUT2D eigenvalue weighted by Crippen LogP contribution is 2.25. The maximum Gasteiger partial charge on any atom is 0.244 e. The molecule has 1 aliphatic rings. The Kier molecular flexibility index (Phi) is 6.89. The molecule has 0 spiro atoms. The van der Waals surface area contributed by atoms with Gasteiger partial charge in [0.1, 0.15) is 16.8 Å². The van der Waals surface area contributed by atoms with E-state index in [1.165, 1.54) is 0 Å². The summed E-state index contributed by atoms with van der Waals surface area (Å²) in [6, 6.07) is 17.0. The number of aromatic nitrogens is 1. The van der Waals surface area contributed by atoms with E-state index in [4.69, 9.17) is 4.74 Å². The second-order valence-electron chi connectivity index (χ2n) is 7.14. The van der Waals surface area contributed by atoms with Crippen molar-refractivity contribution >= 4 is 34.9 Å². The number of ether oxygens (including phenoxy) is 1. The third-order valence-electron chi connectivity index (χ3n) is 5.01. The van der Waals surface area contributed by atoms with Crippen LogP contribution in [0.4, 0.5) is 0 Å². The fraction of sp³-hybridized carbons (Fsp3) is 0.261.